The first kappa shape index (κ1) is 24.4. The summed E-state index contributed by atoms with van der Waals surface area (Å²) in [5.41, 5.74) is 0. The number of guanidine groups is 1. The molecule has 7 heteroatoms. The van der Waals surface area contributed by atoms with Gasteiger partial charge < -0.3 is 25.2 Å². The molecule has 2 rings (SSSR count). The van der Waals surface area contributed by atoms with E-state index in [-0.39, 0.29) is 0 Å². The number of nitrogens with zero attached hydrogens (tertiary/aromatic N) is 4. The van der Waals surface area contributed by atoms with Crippen LogP contribution in [0.5, 0.6) is 0 Å². The minimum absolute atomic E-state index is 0.532. The van der Waals surface area contributed by atoms with Gasteiger partial charge in [0.25, 0.3) is 0 Å². The second-order valence-corrected chi connectivity index (χ2v) is 9.11. The van der Waals surface area contributed by atoms with Gasteiger partial charge in [0.2, 0.25) is 0 Å². The van der Waals surface area contributed by atoms with E-state index >= 15 is 0 Å². The molecule has 2 N–H and O–H groups in total. The second-order valence-electron chi connectivity index (χ2n) is 9.11. The van der Waals surface area contributed by atoms with E-state index in [0.29, 0.717) is 17.9 Å². The number of likely N-dealkylation sites (N-methyl/N-ethyl adjacent to an activating group) is 1. The minimum atomic E-state index is 0.532. The van der Waals surface area contributed by atoms with Crippen molar-refractivity contribution in [3.8, 4) is 0 Å². The lowest BCUT2D eigenvalue weighted by atomic mass is 10.0. The Morgan fingerprint density at radius 2 is 1.55 bits per heavy atom. The van der Waals surface area contributed by atoms with Crippen LogP contribution in [0.3, 0.4) is 0 Å². The summed E-state index contributed by atoms with van der Waals surface area (Å²) in [7, 11) is 1.87. The van der Waals surface area contributed by atoms with Crippen LogP contribution in [-0.4, -0.2) is 112 Å². The summed E-state index contributed by atoms with van der Waals surface area (Å²) >= 11 is 0. The Bertz CT molecular complexity index is 458. The van der Waals surface area contributed by atoms with Crippen molar-refractivity contribution in [2.24, 2.45) is 16.8 Å². The summed E-state index contributed by atoms with van der Waals surface area (Å²) < 4.78 is 5.54. The molecule has 2 aliphatic heterocycles. The fraction of sp³-hybridized carbons (Fsp3) is 0.955. The molecule has 2 fully saturated rings. The van der Waals surface area contributed by atoms with Gasteiger partial charge in [-0.1, -0.05) is 27.7 Å². The first-order valence-electron chi connectivity index (χ1n) is 11.7. The molecule has 0 aliphatic carbocycles. The molecule has 2 unspecified atom stereocenters. The number of piperazine rings is 1. The van der Waals surface area contributed by atoms with Crippen LogP contribution in [0.25, 0.3) is 0 Å². The highest BCUT2D eigenvalue weighted by atomic mass is 16.5. The number of aliphatic imine (C=N–C) groups is 1. The average molecular weight is 411 g/mol. The summed E-state index contributed by atoms with van der Waals surface area (Å²) in [6.45, 7) is 22.0. The number of nitrogens with one attached hydrogen (secondary N) is 2. The molecule has 29 heavy (non-hydrogen) atoms. The van der Waals surface area contributed by atoms with Crippen molar-refractivity contribution in [3.63, 3.8) is 0 Å². The molecule has 0 amide bonds. The molecule has 0 spiro atoms. The maximum Gasteiger partial charge on any atom is 0.191 e. The third kappa shape index (κ3) is 9.20. The number of hydrogen-bond donors (Lipinski definition) is 2. The lowest BCUT2D eigenvalue weighted by molar-refractivity contribution is 0.0132. The third-order valence-corrected chi connectivity index (χ3v) is 6.13. The Labute approximate surface area is 179 Å². The van der Waals surface area contributed by atoms with Crippen LogP contribution < -0.4 is 10.6 Å². The average Bonchev–Trinajstić information content (AvgIpc) is 2.74. The van der Waals surface area contributed by atoms with Gasteiger partial charge >= 0.3 is 0 Å². The normalized spacial score (nSPS) is 22.6. The Hall–Kier alpha value is -0.890. The summed E-state index contributed by atoms with van der Waals surface area (Å²) in [6, 6.07) is 0.532. The number of hydrogen-bond acceptors (Lipinski definition) is 5. The highest BCUT2D eigenvalue weighted by Gasteiger charge is 2.22. The lowest BCUT2D eigenvalue weighted by Crippen LogP contribution is -2.52. The van der Waals surface area contributed by atoms with Crippen LogP contribution >= 0.6 is 0 Å². The Morgan fingerprint density at radius 3 is 2.14 bits per heavy atom. The fourth-order valence-electron chi connectivity index (χ4n) is 4.35. The SMILES string of the molecule is CCN1CCN(CC(C)CNC(=NC)NCC(CC(C)C)N2CCOCC2)CC1. The zero-order valence-corrected chi connectivity index (χ0v) is 19.6. The standard InChI is InChI=1S/C22H46N6O/c1-6-26-7-9-27(10-8-26)18-20(4)16-24-22(23-5)25-17-21(15-19(2)3)28-11-13-29-14-12-28/h19-21H,6-18H2,1-5H3,(H2,23,24,25). The molecule has 0 bridgehead atoms. The van der Waals surface area contributed by atoms with E-state index in [1.807, 2.05) is 7.05 Å². The predicted octanol–water partition coefficient (Wildman–Crippen LogP) is 1.17. The first-order chi connectivity index (χ1) is 14.0. The largest absolute Gasteiger partial charge is 0.379 e. The van der Waals surface area contributed by atoms with Gasteiger partial charge in [-0.05, 0) is 24.8 Å². The van der Waals surface area contributed by atoms with Crippen LogP contribution in [0, 0.1) is 11.8 Å². The smallest absolute Gasteiger partial charge is 0.191 e. The molecule has 170 valence electrons. The monoisotopic (exact) mass is 410 g/mol. The van der Waals surface area contributed by atoms with Crippen molar-refractivity contribution in [1.82, 2.24) is 25.3 Å². The van der Waals surface area contributed by atoms with E-state index in [9.17, 15) is 0 Å². The minimum Gasteiger partial charge on any atom is -0.379 e. The molecule has 0 aromatic carbocycles. The van der Waals surface area contributed by atoms with Gasteiger partial charge in [0.1, 0.15) is 0 Å². The summed E-state index contributed by atoms with van der Waals surface area (Å²) in [4.78, 5) is 12.2. The van der Waals surface area contributed by atoms with E-state index in [1.165, 1.54) is 39.1 Å². The quantitative estimate of drug-likeness (QED) is 0.417. The molecule has 7 nitrogen and oxygen atoms in total. The number of rotatable bonds is 10. The van der Waals surface area contributed by atoms with E-state index in [1.54, 1.807) is 0 Å². The van der Waals surface area contributed by atoms with E-state index < -0.39 is 0 Å². The molecule has 0 aromatic rings. The third-order valence-electron chi connectivity index (χ3n) is 6.13. The zero-order chi connectivity index (χ0) is 21.1. The van der Waals surface area contributed by atoms with Gasteiger partial charge in [-0.3, -0.25) is 9.89 Å². The molecule has 2 atom stereocenters. The van der Waals surface area contributed by atoms with Crippen LogP contribution in [0.1, 0.15) is 34.1 Å². The molecule has 2 aliphatic rings. The van der Waals surface area contributed by atoms with Crippen molar-refractivity contribution >= 4 is 5.96 Å². The Balaban J connectivity index is 1.71. The zero-order valence-electron chi connectivity index (χ0n) is 19.6. The fourth-order valence-corrected chi connectivity index (χ4v) is 4.35. The predicted molar refractivity (Wildman–Crippen MR) is 123 cm³/mol. The molecule has 0 saturated carbocycles. The lowest BCUT2D eigenvalue weighted by Gasteiger charge is -2.36. The first-order valence-corrected chi connectivity index (χ1v) is 11.7. The van der Waals surface area contributed by atoms with Gasteiger partial charge in [0, 0.05) is 72.0 Å². The second kappa shape index (κ2) is 13.4. The molecule has 0 aromatic heterocycles. The Morgan fingerprint density at radius 1 is 0.931 bits per heavy atom. The van der Waals surface area contributed by atoms with E-state index in [2.05, 4.69) is 58.0 Å². The summed E-state index contributed by atoms with van der Waals surface area (Å²) in [6.07, 6.45) is 1.20. The molecule has 2 heterocycles. The van der Waals surface area contributed by atoms with Crippen LogP contribution in [0.4, 0.5) is 0 Å². The Kier molecular flexibility index (Phi) is 11.3. The molecule has 2 saturated heterocycles. The van der Waals surface area contributed by atoms with Gasteiger partial charge in [-0.2, -0.15) is 0 Å². The molecule has 0 radical (unpaired) electrons. The number of ether oxygens (including phenoxy) is 1. The van der Waals surface area contributed by atoms with Gasteiger partial charge in [0.05, 0.1) is 13.2 Å². The summed E-state index contributed by atoms with van der Waals surface area (Å²) in [5.74, 6) is 2.22. The maximum absolute atomic E-state index is 5.54. The van der Waals surface area contributed by atoms with Crippen molar-refractivity contribution in [2.75, 3.05) is 85.7 Å². The molecular weight excluding hydrogens is 364 g/mol. The maximum atomic E-state index is 5.54. The van der Waals surface area contributed by atoms with Gasteiger partial charge in [-0.15, -0.1) is 0 Å². The van der Waals surface area contributed by atoms with Crippen molar-refractivity contribution < 1.29 is 4.74 Å². The van der Waals surface area contributed by atoms with Crippen molar-refractivity contribution in [1.29, 1.82) is 0 Å². The highest BCUT2D eigenvalue weighted by molar-refractivity contribution is 5.79. The number of morpholine rings is 1. The highest BCUT2D eigenvalue weighted by Crippen LogP contribution is 2.13. The van der Waals surface area contributed by atoms with E-state index in [0.717, 1.165) is 51.9 Å². The van der Waals surface area contributed by atoms with Crippen molar-refractivity contribution in [3.05, 3.63) is 0 Å². The van der Waals surface area contributed by atoms with Crippen LogP contribution in [0.15, 0.2) is 4.99 Å². The molecular formula is C22H46N6O. The van der Waals surface area contributed by atoms with Gasteiger partial charge in [0.15, 0.2) is 5.96 Å². The van der Waals surface area contributed by atoms with Crippen LogP contribution in [-0.2, 0) is 4.74 Å². The topological polar surface area (TPSA) is 55.4 Å². The van der Waals surface area contributed by atoms with Crippen molar-refractivity contribution in [2.45, 2.75) is 40.2 Å². The summed E-state index contributed by atoms with van der Waals surface area (Å²) in [5, 5.41) is 7.13. The van der Waals surface area contributed by atoms with E-state index in [4.69, 9.17) is 4.74 Å². The van der Waals surface area contributed by atoms with Gasteiger partial charge in [-0.25, -0.2) is 0 Å². The van der Waals surface area contributed by atoms with Crippen LogP contribution in [0.2, 0.25) is 0 Å².